The Morgan fingerprint density at radius 1 is 1.19 bits per heavy atom. The molecule has 1 aromatic carbocycles. The Bertz CT molecular complexity index is 875. The first-order valence-electron chi connectivity index (χ1n) is 8.73. The summed E-state index contributed by atoms with van der Waals surface area (Å²) in [6.07, 6.45) is 4.43. The van der Waals surface area contributed by atoms with Gasteiger partial charge in [-0.15, -0.1) is 11.3 Å². The van der Waals surface area contributed by atoms with Gasteiger partial charge in [-0.05, 0) is 24.6 Å². The maximum Gasteiger partial charge on any atom is 0.311 e. The molecule has 2 heterocycles. The normalized spacial score (nSPS) is 11.7. The number of nitrogens with one attached hydrogen (secondary N) is 1. The summed E-state index contributed by atoms with van der Waals surface area (Å²) in [6, 6.07) is 13.3. The number of hydrogen-bond donors (Lipinski definition) is 1. The molecule has 2 aromatic heterocycles. The van der Waals surface area contributed by atoms with E-state index in [2.05, 4.69) is 10.3 Å². The molecule has 0 fully saturated rings. The summed E-state index contributed by atoms with van der Waals surface area (Å²) < 4.78 is 6.81. The number of ether oxygens (including phenoxy) is 1. The molecule has 3 aromatic rings. The molecule has 0 radical (unpaired) electrons. The molecule has 0 aliphatic heterocycles. The van der Waals surface area contributed by atoms with Crippen molar-refractivity contribution < 1.29 is 14.3 Å². The van der Waals surface area contributed by atoms with Crippen LogP contribution in [-0.4, -0.2) is 28.0 Å². The number of carbonyl (C=O) groups excluding carboxylic acids is 2. The molecule has 0 saturated heterocycles. The predicted octanol–water partition coefficient (Wildman–Crippen LogP) is 3.47. The molecule has 0 unspecified atom stereocenters. The zero-order chi connectivity index (χ0) is 19.1. The minimum atomic E-state index is -0.389. The molecule has 27 heavy (non-hydrogen) atoms. The summed E-state index contributed by atoms with van der Waals surface area (Å²) in [7, 11) is 0. The van der Waals surface area contributed by atoms with E-state index in [0.29, 0.717) is 23.9 Å². The molecule has 6 nitrogen and oxygen atoms in total. The Labute approximate surface area is 161 Å². The Morgan fingerprint density at radius 2 is 1.93 bits per heavy atom. The van der Waals surface area contributed by atoms with E-state index >= 15 is 0 Å². The van der Waals surface area contributed by atoms with Crippen LogP contribution in [0.2, 0.25) is 0 Å². The van der Waals surface area contributed by atoms with Crippen LogP contribution in [0.3, 0.4) is 0 Å². The number of hydrogen-bond acceptors (Lipinski definition) is 5. The van der Waals surface area contributed by atoms with Gasteiger partial charge in [-0.2, -0.15) is 0 Å². The number of thiazole rings is 1. The maximum absolute atomic E-state index is 12.9. The lowest BCUT2D eigenvalue weighted by molar-refractivity contribution is -0.142. The number of anilines is 1. The van der Waals surface area contributed by atoms with Crippen LogP contribution < -0.4 is 5.32 Å². The number of carbonyl (C=O) groups is 2. The van der Waals surface area contributed by atoms with Gasteiger partial charge >= 0.3 is 5.97 Å². The number of aromatic nitrogens is 2. The van der Waals surface area contributed by atoms with Crippen molar-refractivity contribution in [2.75, 3.05) is 11.9 Å². The molecule has 1 N–H and O–H groups in total. The number of amides is 1. The highest BCUT2D eigenvalue weighted by Crippen LogP contribution is 2.21. The molecule has 1 amide bonds. The van der Waals surface area contributed by atoms with Gasteiger partial charge in [-0.3, -0.25) is 9.59 Å². The largest absolute Gasteiger partial charge is 0.466 e. The standard InChI is InChI=1S/C20H21N3O3S/c1-2-26-18(24)13-16-14-27-20(21-16)22-19(25)17(23-10-6-7-11-23)12-15-8-4-3-5-9-15/h3-11,14,17H,2,12-13H2,1H3,(H,21,22,25)/t17-/m0/s1. The number of nitrogens with zero attached hydrogens (tertiary/aromatic N) is 2. The fourth-order valence-corrected chi connectivity index (χ4v) is 3.43. The summed E-state index contributed by atoms with van der Waals surface area (Å²) in [5.41, 5.74) is 1.67. The van der Waals surface area contributed by atoms with Crippen LogP contribution in [0, 0.1) is 0 Å². The van der Waals surface area contributed by atoms with Gasteiger partial charge in [-0.1, -0.05) is 30.3 Å². The molecular weight excluding hydrogens is 362 g/mol. The van der Waals surface area contributed by atoms with Gasteiger partial charge in [0.25, 0.3) is 0 Å². The highest BCUT2D eigenvalue weighted by atomic mass is 32.1. The van der Waals surface area contributed by atoms with Crippen molar-refractivity contribution in [3.05, 3.63) is 71.5 Å². The lowest BCUT2D eigenvalue weighted by Gasteiger charge is -2.18. The van der Waals surface area contributed by atoms with Gasteiger partial charge in [0.1, 0.15) is 6.04 Å². The van der Waals surface area contributed by atoms with Crippen molar-refractivity contribution in [1.82, 2.24) is 9.55 Å². The molecule has 3 rings (SSSR count). The Hall–Kier alpha value is -2.93. The van der Waals surface area contributed by atoms with Crippen molar-refractivity contribution in [1.29, 1.82) is 0 Å². The zero-order valence-corrected chi connectivity index (χ0v) is 15.8. The van der Waals surface area contributed by atoms with E-state index in [1.165, 1.54) is 11.3 Å². The first-order chi connectivity index (χ1) is 13.2. The Morgan fingerprint density at radius 3 is 2.63 bits per heavy atom. The van der Waals surface area contributed by atoms with E-state index in [4.69, 9.17) is 4.74 Å². The van der Waals surface area contributed by atoms with Crippen LogP contribution in [0.25, 0.3) is 0 Å². The SMILES string of the molecule is CCOC(=O)Cc1csc(NC(=O)[C@H](Cc2ccccc2)n2cccc2)n1. The summed E-state index contributed by atoms with van der Waals surface area (Å²) in [5.74, 6) is -0.470. The quantitative estimate of drug-likeness (QED) is 0.605. The maximum atomic E-state index is 12.9. The van der Waals surface area contributed by atoms with Gasteiger partial charge < -0.3 is 14.6 Å². The Balaban J connectivity index is 1.69. The molecule has 0 aliphatic carbocycles. The van der Waals surface area contributed by atoms with Gasteiger partial charge in [-0.25, -0.2) is 4.98 Å². The van der Waals surface area contributed by atoms with Crippen LogP contribution in [0.4, 0.5) is 5.13 Å². The number of rotatable bonds is 8. The third-order valence-corrected chi connectivity index (χ3v) is 4.78. The summed E-state index contributed by atoms with van der Waals surface area (Å²) >= 11 is 1.30. The van der Waals surface area contributed by atoms with Gasteiger partial charge in [0.2, 0.25) is 5.91 Å². The highest BCUT2D eigenvalue weighted by Gasteiger charge is 2.21. The van der Waals surface area contributed by atoms with Crippen molar-refractivity contribution >= 4 is 28.3 Å². The van der Waals surface area contributed by atoms with Gasteiger partial charge in [0, 0.05) is 24.2 Å². The second-order valence-corrected chi connectivity index (χ2v) is 6.81. The Kier molecular flexibility index (Phi) is 6.38. The lowest BCUT2D eigenvalue weighted by atomic mass is 10.1. The highest BCUT2D eigenvalue weighted by molar-refractivity contribution is 7.13. The first-order valence-corrected chi connectivity index (χ1v) is 9.61. The van der Waals surface area contributed by atoms with Crippen LogP contribution >= 0.6 is 11.3 Å². The monoisotopic (exact) mass is 383 g/mol. The van der Waals surface area contributed by atoms with E-state index in [1.54, 1.807) is 12.3 Å². The van der Waals surface area contributed by atoms with Crippen molar-refractivity contribution in [3.8, 4) is 0 Å². The van der Waals surface area contributed by atoms with E-state index in [0.717, 1.165) is 5.56 Å². The van der Waals surface area contributed by atoms with Gasteiger partial charge in [0.05, 0.1) is 18.7 Å². The van der Waals surface area contributed by atoms with Gasteiger partial charge in [0.15, 0.2) is 5.13 Å². The molecule has 0 spiro atoms. The van der Waals surface area contributed by atoms with Crippen LogP contribution in [0.5, 0.6) is 0 Å². The third-order valence-electron chi connectivity index (χ3n) is 3.97. The molecule has 140 valence electrons. The smallest absolute Gasteiger partial charge is 0.311 e. The number of esters is 1. The second-order valence-electron chi connectivity index (χ2n) is 5.95. The molecule has 0 aliphatic rings. The average Bonchev–Trinajstić information content (AvgIpc) is 3.33. The number of benzene rings is 1. The minimum absolute atomic E-state index is 0.102. The average molecular weight is 383 g/mol. The van der Waals surface area contributed by atoms with Crippen molar-refractivity contribution in [2.24, 2.45) is 0 Å². The lowest BCUT2D eigenvalue weighted by Crippen LogP contribution is -2.27. The van der Waals surface area contributed by atoms with Crippen LogP contribution in [0.1, 0.15) is 24.2 Å². The van der Waals surface area contributed by atoms with E-state index in [9.17, 15) is 9.59 Å². The van der Waals surface area contributed by atoms with Crippen molar-refractivity contribution in [2.45, 2.75) is 25.8 Å². The predicted molar refractivity (Wildman–Crippen MR) is 105 cm³/mol. The third kappa shape index (κ3) is 5.27. The fourth-order valence-electron chi connectivity index (χ4n) is 2.72. The summed E-state index contributed by atoms with van der Waals surface area (Å²) in [4.78, 5) is 28.8. The summed E-state index contributed by atoms with van der Waals surface area (Å²) in [5, 5.41) is 5.11. The molecule has 1 atom stereocenters. The molecule has 7 heteroatoms. The van der Waals surface area contributed by atoms with Crippen molar-refractivity contribution in [3.63, 3.8) is 0 Å². The van der Waals surface area contributed by atoms with Crippen LogP contribution in [-0.2, 0) is 27.2 Å². The fraction of sp³-hybridized carbons (Fsp3) is 0.250. The van der Waals surface area contributed by atoms with E-state index in [-0.39, 0.29) is 24.3 Å². The topological polar surface area (TPSA) is 73.2 Å². The molecule has 0 saturated carbocycles. The van der Waals surface area contributed by atoms with E-state index in [1.807, 2.05) is 59.4 Å². The van der Waals surface area contributed by atoms with E-state index < -0.39 is 0 Å². The second kappa shape index (κ2) is 9.14. The summed E-state index contributed by atoms with van der Waals surface area (Å²) in [6.45, 7) is 2.10. The van der Waals surface area contributed by atoms with Crippen LogP contribution in [0.15, 0.2) is 60.2 Å². The molecular formula is C20H21N3O3S. The first kappa shape index (κ1) is 18.8. The zero-order valence-electron chi connectivity index (χ0n) is 15.0. The minimum Gasteiger partial charge on any atom is -0.466 e. The molecule has 0 bridgehead atoms.